The molecule has 2 aromatic heterocycles. The molecule has 0 unspecified atom stereocenters. The Labute approximate surface area is 109 Å². The number of aryl methyl sites for hydroxylation is 1. The second-order valence-electron chi connectivity index (χ2n) is 5.71. The first-order valence-corrected chi connectivity index (χ1v) is 6.32. The fraction of sp³-hybridized carbons (Fsp3) is 0.500. The molecule has 0 aliphatic heterocycles. The van der Waals surface area contributed by atoms with Gasteiger partial charge in [0, 0.05) is 37.2 Å². The molecular formula is C14H22N4. The molecule has 4 nitrogen and oxygen atoms in total. The van der Waals surface area contributed by atoms with Crippen LogP contribution < -0.4 is 5.32 Å². The van der Waals surface area contributed by atoms with Gasteiger partial charge in [0.15, 0.2) is 0 Å². The van der Waals surface area contributed by atoms with Crippen molar-refractivity contribution in [2.75, 3.05) is 0 Å². The molecule has 0 aliphatic carbocycles. The Morgan fingerprint density at radius 3 is 2.61 bits per heavy atom. The third kappa shape index (κ3) is 3.47. The van der Waals surface area contributed by atoms with Crippen molar-refractivity contribution >= 4 is 0 Å². The summed E-state index contributed by atoms with van der Waals surface area (Å²) < 4.78 is 4.08. The van der Waals surface area contributed by atoms with Crippen molar-refractivity contribution in [2.24, 2.45) is 7.05 Å². The van der Waals surface area contributed by atoms with Crippen molar-refractivity contribution in [3.8, 4) is 0 Å². The maximum Gasteiger partial charge on any atom is 0.0821 e. The molecule has 0 saturated carbocycles. The Bertz CT molecular complexity index is 502. The molecule has 0 bridgehead atoms. The maximum absolute atomic E-state index is 4.41. The quantitative estimate of drug-likeness (QED) is 0.897. The van der Waals surface area contributed by atoms with Gasteiger partial charge in [0.1, 0.15) is 0 Å². The summed E-state index contributed by atoms with van der Waals surface area (Å²) in [6.45, 7) is 8.25. The van der Waals surface area contributed by atoms with Crippen LogP contribution in [0.5, 0.6) is 0 Å². The number of nitrogens with one attached hydrogen (secondary N) is 1. The van der Waals surface area contributed by atoms with E-state index < -0.39 is 0 Å². The highest BCUT2D eigenvalue weighted by molar-refractivity contribution is 5.11. The van der Waals surface area contributed by atoms with Gasteiger partial charge in [0.05, 0.1) is 12.2 Å². The monoisotopic (exact) mass is 246 g/mol. The minimum Gasteiger partial charge on any atom is -0.344 e. The van der Waals surface area contributed by atoms with Crippen molar-refractivity contribution in [1.82, 2.24) is 19.7 Å². The lowest BCUT2D eigenvalue weighted by molar-refractivity contribution is 0.416. The van der Waals surface area contributed by atoms with Gasteiger partial charge in [-0.1, -0.05) is 0 Å². The second kappa shape index (κ2) is 4.98. The van der Waals surface area contributed by atoms with Gasteiger partial charge in [-0.15, -0.1) is 0 Å². The molecule has 0 amide bonds. The Hall–Kier alpha value is -1.55. The Morgan fingerprint density at radius 1 is 1.22 bits per heavy atom. The predicted octanol–water partition coefficient (Wildman–Crippen LogP) is 2.16. The zero-order valence-electron chi connectivity index (χ0n) is 11.6. The molecule has 0 aliphatic rings. The van der Waals surface area contributed by atoms with E-state index >= 15 is 0 Å². The zero-order valence-corrected chi connectivity index (χ0v) is 11.6. The zero-order chi connectivity index (χ0) is 13.2. The standard InChI is InChI=1S/C14H22N4/c1-14(2,3)15-10-13-6-5-8-18(13)11-12-7-9-17(4)16-12/h5-9,15H,10-11H2,1-4H3. The van der Waals surface area contributed by atoms with Crippen LogP contribution in [0.4, 0.5) is 0 Å². The second-order valence-corrected chi connectivity index (χ2v) is 5.71. The van der Waals surface area contributed by atoms with Crippen molar-refractivity contribution in [3.05, 3.63) is 42.0 Å². The average molecular weight is 246 g/mol. The van der Waals surface area contributed by atoms with E-state index in [4.69, 9.17) is 0 Å². The third-order valence-corrected chi connectivity index (χ3v) is 2.82. The van der Waals surface area contributed by atoms with Crippen molar-refractivity contribution in [2.45, 2.75) is 39.4 Å². The lowest BCUT2D eigenvalue weighted by Gasteiger charge is -2.21. The van der Waals surface area contributed by atoms with Crippen LogP contribution >= 0.6 is 0 Å². The molecule has 4 heteroatoms. The van der Waals surface area contributed by atoms with Crippen LogP contribution in [0.15, 0.2) is 30.6 Å². The fourth-order valence-corrected chi connectivity index (χ4v) is 1.84. The van der Waals surface area contributed by atoms with Crippen LogP contribution in [-0.4, -0.2) is 19.9 Å². The number of aromatic nitrogens is 3. The molecule has 0 saturated heterocycles. The van der Waals surface area contributed by atoms with E-state index in [1.54, 1.807) is 0 Å². The van der Waals surface area contributed by atoms with Gasteiger partial charge in [0.25, 0.3) is 0 Å². The van der Waals surface area contributed by atoms with Gasteiger partial charge in [-0.3, -0.25) is 4.68 Å². The summed E-state index contributed by atoms with van der Waals surface area (Å²) in [6, 6.07) is 6.30. The summed E-state index contributed by atoms with van der Waals surface area (Å²) >= 11 is 0. The first kappa shape index (κ1) is 12.9. The summed E-state index contributed by atoms with van der Waals surface area (Å²) in [5, 5.41) is 7.92. The Kier molecular flexibility index (Phi) is 3.57. The topological polar surface area (TPSA) is 34.8 Å². The highest BCUT2D eigenvalue weighted by Crippen LogP contribution is 2.08. The highest BCUT2D eigenvalue weighted by Gasteiger charge is 2.10. The number of hydrogen-bond acceptors (Lipinski definition) is 2. The van der Waals surface area contributed by atoms with Gasteiger partial charge in [-0.05, 0) is 39.0 Å². The van der Waals surface area contributed by atoms with Crippen LogP contribution in [0.3, 0.4) is 0 Å². The van der Waals surface area contributed by atoms with E-state index in [-0.39, 0.29) is 5.54 Å². The van der Waals surface area contributed by atoms with E-state index in [0.717, 1.165) is 18.8 Å². The lowest BCUT2D eigenvalue weighted by atomic mass is 10.1. The normalized spacial score (nSPS) is 12.0. The van der Waals surface area contributed by atoms with E-state index in [9.17, 15) is 0 Å². The number of rotatable bonds is 4. The maximum atomic E-state index is 4.41. The number of nitrogens with zero attached hydrogens (tertiary/aromatic N) is 3. The lowest BCUT2D eigenvalue weighted by Crippen LogP contribution is -2.35. The molecule has 1 N–H and O–H groups in total. The first-order valence-electron chi connectivity index (χ1n) is 6.32. The van der Waals surface area contributed by atoms with E-state index in [2.05, 4.69) is 60.1 Å². The van der Waals surface area contributed by atoms with Gasteiger partial charge < -0.3 is 9.88 Å². The molecule has 0 atom stereocenters. The molecule has 0 fully saturated rings. The van der Waals surface area contributed by atoms with Gasteiger partial charge in [0.2, 0.25) is 0 Å². The van der Waals surface area contributed by atoms with Crippen LogP contribution in [0.2, 0.25) is 0 Å². The molecule has 18 heavy (non-hydrogen) atoms. The molecular weight excluding hydrogens is 224 g/mol. The molecule has 2 heterocycles. The van der Waals surface area contributed by atoms with Crippen LogP contribution in [0.1, 0.15) is 32.2 Å². The summed E-state index contributed by atoms with van der Waals surface area (Å²) in [7, 11) is 1.95. The van der Waals surface area contributed by atoms with Crippen LogP contribution in [0, 0.1) is 0 Å². The molecule has 0 spiro atoms. The molecule has 2 rings (SSSR count). The summed E-state index contributed by atoms with van der Waals surface area (Å²) in [5.74, 6) is 0. The SMILES string of the molecule is Cn1ccc(Cn2cccc2CNC(C)(C)C)n1. The average Bonchev–Trinajstić information content (AvgIpc) is 2.85. The minimum absolute atomic E-state index is 0.139. The van der Waals surface area contributed by atoms with Gasteiger partial charge in [-0.25, -0.2) is 0 Å². The highest BCUT2D eigenvalue weighted by atomic mass is 15.3. The van der Waals surface area contributed by atoms with E-state index in [1.807, 2.05) is 17.9 Å². The van der Waals surface area contributed by atoms with Crippen molar-refractivity contribution in [1.29, 1.82) is 0 Å². The predicted molar refractivity (Wildman–Crippen MR) is 73.3 cm³/mol. The third-order valence-electron chi connectivity index (χ3n) is 2.82. The summed E-state index contributed by atoms with van der Waals surface area (Å²) in [4.78, 5) is 0. The minimum atomic E-state index is 0.139. The molecule has 2 aromatic rings. The van der Waals surface area contributed by atoms with Crippen LogP contribution in [0.25, 0.3) is 0 Å². The largest absolute Gasteiger partial charge is 0.344 e. The van der Waals surface area contributed by atoms with Gasteiger partial charge in [-0.2, -0.15) is 5.10 Å². The van der Waals surface area contributed by atoms with Crippen LogP contribution in [-0.2, 0) is 20.1 Å². The van der Waals surface area contributed by atoms with E-state index in [0.29, 0.717) is 0 Å². The van der Waals surface area contributed by atoms with Gasteiger partial charge >= 0.3 is 0 Å². The summed E-state index contributed by atoms with van der Waals surface area (Å²) in [6.07, 6.45) is 4.08. The smallest absolute Gasteiger partial charge is 0.0821 e. The first-order chi connectivity index (χ1) is 8.44. The fourth-order valence-electron chi connectivity index (χ4n) is 1.84. The summed E-state index contributed by atoms with van der Waals surface area (Å²) in [5.41, 5.74) is 2.52. The molecule has 98 valence electrons. The van der Waals surface area contributed by atoms with E-state index in [1.165, 1.54) is 5.69 Å². The van der Waals surface area contributed by atoms with Crippen molar-refractivity contribution in [3.63, 3.8) is 0 Å². The number of hydrogen-bond donors (Lipinski definition) is 1. The molecule has 0 radical (unpaired) electrons. The van der Waals surface area contributed by atoms with Crippen molar-refractivity contribution < 1.29 is 0 Å². The molecule has 0 aromatic carbocycles. The Balaban J connectivity index is 2.03. The Morgan fingerprint density at radius 2 is 2.00 bits per heavy atom.